The molecule has 2 N–H and O–H groups in total. The molecule has 154 valence electrons. The van der Waals surface area contributed by atoms with Gasteiger partial charge in [0, 0.05) is 61.4 Å². The van der Waals surface area contributed by atoms with Crippen LogP contribution in [-0.2, 0) is 13.5 Å². The first-order valence-corrected chi connectivity index (χ1v) is 10.8. The van der Waals surface area contributed by atoms with Gasteiger partial charge in [0.1, 0.15) is 12.2 Å². The van der Waals surface area contributed by atoms with E-state index >= 15 is 0 Å². The SMILES string of the molecule is Cn1ncnc1CCNC1CCN(c2cccc(-c3cc4ccccc4[nH]3)c2)CC1. The molecule has 0 radical (unpaired) electrons. The number of fused-ring (bicyclic) bond motifs is 1. The van der Waals surface area contributed by atoms with Crippen molar-refractivity contribution in [2.75, 3.05) is 24.5 Å². The van der Waals surface area contributed by atoms with E-state index in [0.717, 1.165) is 44.7 Å². The van der Waals surface area contributed by atoms with Gasteiger partial charge in [0.05, 0.1) is 0 Å². The third-order valence-electron chi connectivity index (χ3n) is 6.13. The third kappa shape index (κ3) is 3.96. The highest BCUT2D eigenvalue weighted by Crippen LogP contribution is 2.28. The molecule has 4 aromatic rings. The Labute approximate surface area is 176 Å². The molecule has 2 aromatic carbocycles. The first-order chi connectivity index (χ1) is 14.8. The van der Waals surface area contributed by atoms with Crippen LogP contribution in [0, 0.1) is 0 Å². The molecule has 0 atom stereocenters. The van der Waals surface area contributed by atoms with Crippen LogP contribution in [0.2, 0.25) is 0 Å². The van der Waals surface area contributed by atoms with E-state index in [-0.39, 0.29) is 0 Å². The maximum Gasteiger partial charge on any atom is 0.138 e. The molecule has 6 heteroatoms. The van der Waals surface area contributed by atoms with Gasteiger partial charge in [-0.3, -0.25) is 4.68 Å². The van der Waals surface area contributed by atoms with E-state index in [0.29, 0.717) is 6.04 Å². The lowest BCUT2D eigenvalue weighted by Gasteiger charge is -2.34. The van der Waals surface area contributed by atoms with Crippen LogP contribution in [0.4, 0.5) is 5.69 Å². The molecule has 6 nitrogen and oxygen atoms in total. The maximum absolute atomic E-state index is 4.30. The van der Waals surface area contributed by atoms with Crippen molar-refractivity contribution in [3.63, 3.8) is 0 Å². The standard InChI is InChI=1S/C24H28N6/c1-29-24(26-17-27-29)9-12-25-20-10-13-30(14-11-20)21-7-4-6-18(15-21)23-16-19-5-2-3-8-22(19)28-23/h2-8,15-17,20,25,28H,9-14H2,1H3. The molecule has 0 amide bonds. The van der Waals surface area contributed by atoms with Gasteiger partial charge >= 0.3 is 0 Å². The smallest absolute Gasteiger partial charge is 0.138 e. The van der Waals surface area contributed by atoms with Crippen molar-refractivity contribution in [3.8, 4) is 11.3 Å². The topological polar surface area (TPSA) is 61.8 Å². The second-order valence-corrected chi connectivity index (χ2v) is 8.09. The van der Waals surface area contributed by atoms with E-state index in [4.69, 9.17) is 0 Å². The van der Waals surface area contributed by atoms with E-state index in [1.165, 1.54) is 27.8 Å². The number of nitrogens with one attached hydrogen (secondary N) is 2. The number of piperidine rings is 1. The second kappa shape index (κ2) is 8.32. The van der Waals surface area contributed by atoms with Gasteiger partial charge in [0.2, 0.25) is 0 Å². The Kier molecular flexibility index (Phi) is 5.24. The van der Waals surface area contributed by atoms with Crippen LogP contribution in [0.3, 0.4) is 0 Å². The molecule has 5 rings (SSSR count). The number of para-hydroxylation sites is 1. The van der Waals surface area contributed by atoms with Gasteiger partial charge in [-0.25, -0.2) is 4.98 Å². The summed E-state index contributed by atoms with van der Waals surface area (Å²) >= 11 is 0. The number of aryl methyl sites for hydroxylation is 1. The fraction of sp³-hybridized carbons (Fsp3) is 0.333. The van der Waals surface area contributed by atoms with Crippen molar-refractivity contribution in [1.82, 2.24) is 25.1 Å². The Morgan fingerprint density at radius 3 is 2.73 bits per heavy atom. The molecule has 30 heavy (non-hydrogen) atoms. The number of hydrogen-bond acceptors (Lipinski definition) is 4. The molecule has 1 aliphatic rings. The van der Waals surface area contributed by atoms with Gasteiger partial charge in [-0.2, -0.15) is 5.10 Å². The minimum atomic E-state index is 0.575. The number of hydrogen-bond donors (Lipinski definition) is 2. The molecule has 0 unspecified atom stereocenters. The summed E-state index contributed by atoms with van der Waals surface area (Å²) in [5, 5.41) is 9.09. The van der Waals surface area contributed by atoms with Gasteiger partial charge in [0.15, 0.2) is 0 Å². The number of anilines is 1. The summed E-state index contributed by atoms with van der Waals surface area (Å²) in [4.78, 5) is 10.4. The summed E-state index contributed by atoms with van der Waals surface area (Å²) in [5.41, 5.74) is 4.92. The van der Waals surface area contributed by atoms with Crippen LogP contribution < -0.4 is 10.2 Å². The summed E-state index contributed by atoms with van der Waals surface area (Å²) in [5.74, 6) is 1.04. The van der Waals surface area contributed by atoms with Crippen molar-refractivity contribution in [2.24, 2.45) is 7.05 Å². The Bertz CT molecular complexity index is 1090. The Morgan fingerprint density at radius 1 is 1.07 bits per heavy atom. The van der Waals surface area contributed by atoms with E-state index in [9.17, 15) is 0 Å². The van der Waals surface area contributed by atoms with Crippen molar-refractivity contribution in [3.05, 3.63) is 66.7 Å². The Morgan fingerprint density at radius 2 is 1.93 bits per heavy atom. The zero-order chi connectivity index (χ0) is 20.3. The highest BCUT2D eigenvalue weighted by atomic mass is 15.3. The van der Waals surface area contributed by atoms with E-state index in [1.807, 2.05) is 11.7 Å². The van der Waals surface area contributed by atoms with E-state index in [1.54, 1.807) is 6.33 Å². The summed E-state index contributed by atoms with van der Waals surface area (Å²) in [6, 6.07) is 20.2. The number of benzene rings is 2. The molecule has 2 aromatic heterocycles. The van der Waals surface area contributed by atoms with Crippen LogP contribution in [-0.4, -0.2) is 45.4 Å². The lowest BCUT2D eigenvalue weighted by Crippen LogP contribution is -2.43. The van der Waals surface area contributed by atoms with Crippen molar-refractivity contribution >= 4 is 16.6 Å². The largest absolute Gasteiger partial charge is 0.371 e. The summed E-state index contributed by atoms with van der Waals surface area (Å²) in [7, 11) is 1.95. The average Bonchev–Trinajstić information content (AvgIpc) is 3.40. The van der Waals surface area contributed by atoms with Gasteiger partial charge < -0.3 is 15.2 Å². The number of H-pyrrole nitrogens is 1. The molecule has 0 spiro atoms. The third-order valence-corrected chi connectivity index (χ3v) is 6.13. The Balaban J connectivity index is 1.19. The predicted octanol–water partition coefficient (Wildman–Crippen LogP) is 3.76. The Hall–Kier alpha value is -3.12. The molecule has 0 bridgehead atoms. The van der Waals surface area contributed by atoms with Gasteiger partial charge in [-0.05, 0) is 42.7 Å². The average molecular weight is 401 g/mol. The van der Waals surface area contributed by atoms with Crippen molar-refractivity contribution in [1.29, 1.82) is 0 Å². The molecule has 0 saturated carbocycles. The van der Waals surface area contributed by atoms with Gasteiger partial charge in [-0.1, -0.05) is 30.3 Å². The minimum absolute atomic E-state index is 0.575. The first kappa shape index (κ1) is 18.9. The van der Waals surface area contributed by atoms with Crippen molar-refractivity contribution in [2.45, 2.75) is 25.3 Å². The van der Waals surface area contributed by atoms with E-state index < -0.39 is 0 Å². The molecule has 1 saturated heterocycles. The monoisotopic (exact) mass is 400 g/mol. The van der Waals surface area contributed by atoms with Crippen LogP contribution >= 0.6 is 0 Å². The number of nitrogens with zero attached hydrogens (tertiary/aromatic N) is 4. The normalized spacial score (nSPS) is 15.2. The van der Waals surface area contributed by atoms with Crippen LogP contribution in [0.1, 0.15) is 18.7 Å². The van der Waals surface area contributed by atoms with Gasteiger partial charge in [0.25, 0.3) is 0 Å². The number of aromatic amines is 1. The maximum atomic E-state index is 4.30. The quantitative estimate of drug-likeness (QED) is 0.517. The predicted molar refractivity (Wildman–Crippen MR) is 122 cm³/mol. The molecular weight excluding hydrogens is 372 g/mol. The number of rotatable bonds is 6. The molecule has 1 aliphatic heterocycles. The first-order valence-electron chi connectivity index (χ1n) is 10.8. The fourth-order valence-electron chi connectivity index (χ4n) is 4.38. The van der Waals surface area contributed by atoms with Crippen LogP contribution in [0.5, 0.6) is 0 Å². The lowest BCUT2D eigenvalue weighted by atomic mass is 10.0. The summed E-state index contributed by atoms with van der Waals surface area (Å²) < 4.78 is 1.85. The summed E-state index contributed by atoms with van der Waals surface area (Å²) in [6.45, 7) is 3.11. The minimum Gasteiger partial charge on any atom is -0.371 e. The van der Waals surface area contributed by atoms with Crippen molar-refractivity contribution < 1.29 is 0 Å². The molecule has 3 heterocycles. The molecule has 0 aliphatic carbocycles. The van der Waals surface area contributed by atoms with Crippen LogP contribution in [0.15, 0.2) is 60.9 Å². The number of aromatic nitrogens is 4. The fourth-order valence-corrected chi connectivity index (χ4v) is 4.38. The zero-order valence-corrected chi connectivity index (χ0v) is 17.4. The molecule has 1 fully saturated rings. The van der Waals surface area contributed by atoms with Crippen LogP contribution in [0.25, 0.3) is 22.2 Å². The highest BCUT2D eigenvalue weighted by molar-refractivity contribution is 5.86. The molecular formula is C24H28N6. The summed E-state index contributed by atoms with van der Waals surface area (Å²) in [6.07, 6.45) is 4.87. The second-order valence-electron chi connectivity index (χ2n) is 8.09. The van der Waals surface area contributed by atoms with Gasteiger partial charge in [-0.15, -0.1) is 0 Å². The lowest BCUT2D eigenvalue weighted by molar-refractivity contribution is 0.415. The highest BCUT2D eigenvalue weighted by Gasteiger charge is 2.19. The zero-order valence-electron chi connectivity index (χ0n) is 17.4. The van der Waals surface area contributed by atoms with E-state index in [2.05, 4.69) is 79.9 Å².